The molecule has 0 amide bonds. The number of esters is 1. The molecule has 0 N–H and O–H groups in total. The van der Waals surface area contributed by atoms with E-state index in [9.17, 15) is 14.4 Å². The lowest BCUT2D eigenvalue weighted by Crippen LogP contribution is -2.06. The Hall–Kier alpha value is -2.69. The van der Waals surface area contributed by atoms with Gasteiger partial charge in [-0.05, 0) is 24.3 Å². The van der Waals surface area contributed by atoms with Gasteiger partial charge in [0.1, 0.15) is 23.9 Å². The highest BCUT2D eigenvalue weighted by molar-refractivity contribution is 5.82. The second kappa shape index (κ2) is 5.30. The van der Waals surface area contributed by atoms with Crippen molar-refractivity contribution in [2.45, 2.75) is 6.92 Å². The van der Waals surface area contributed by atoms with Gasteiger partial charge in [0.05, 0.1) is 10.9 Å². The van der Waals surface area contributed by atoms with Crippen molar-refractivity contribution in [2.75, 3.05) is 0 Å². The molecule has 0 radical (unpaired) electrons. The molecule has 19 heavy (non-hydrogen) atoms. The van der Waals surface area contributed by atoms with Gasteiger partial charge in [-0.2, -0.15) is 0 Å². The summed E-state index contributed by atoms with van der Waals surface area (Å²) >= 11 is 0. The summed E-state index contributed by atoms with van der Waals surface area (Å²) in [6, 6.07) is 4.48. The number of fused-ring (bicyclic) bond motifs is 1. The third-order valence-corrected chi connectivity index (χ3v) is 2.39. The van der Waals surface area contributed by atoms with Crippen LogP contribution in [0.4, 0.5) is 0 Å². The van der Waals surface area contributed by atoms with Crippen LogP contribution in [0.1, 0.15) is 12.5 Å². The highest BCUT2D eigenvalue weighted by Crippen LogP contribution is 2.19. The minimum Gasteiger partial charge on any atom is -0.463 e. The van der Waals surface area contributed by atoms with Crippen molar-refractivity contribution < 1.29 is 18.7 Å². The molecule has 1 aromatic carbocycles. The summed E-state index contributed by atoms with van der Waals surface area (Å²) < 4.78 is 10.2. The molecule has 0 atom stereocenters. The predicted molar refractivity (Wildman–Crippen MR) is 68.9 cm³/mol. The Balaban J connectivity index is 2.53. The highest BCUT2D eigenvalue weighted by Gasteiger charge is 2.07. The number of aldehydes is 1. The zero-order valence-corrected chi connectivity index (χ0v) is 10.1. The molecule has 5 heteroatoms. The summed E-state index contributed by atoms with van der Waals surface area (Å²) in [6.45, 7) is 1.29. The number of rotatable bonds is 3. The summed E-state index contributed by atoms with van der Waals surface area (Å²) in [5.41, 5.74) is 0.334. The van der Waals surface area contributed by atoms with Gasteiger partial charge < -0.3 is 9.15 Å². The molecule has 5 nitrogen and oxygen atoms in total. The summed E-state index contributed by atoms with van der Waals surface area (Å²) in [7, 11) is 0. The van der Waals surface area contributed by atoms with Gasteiger partial charge in [0.25, 0.3) is 0 Å². The molecule has 0 unspecified atom stereocenters. The number of ether oxygens (including phenoxy) is 1. The van der Waals surface area contributed by atoms with E-state index in [2.05, 4.69) is 0 Å². The third kappa shape index (κ3) is 2.77. The maximum Gasteiger partial charge on any atom is 0.308 e. The Morgan fingerprint density at radius 1 is 1.37 bits per heavy atom. The average molecular weight is 258 g/mol. The van der Waals surface area contributed by atoms with E-state index in [0.29, 0.717) is 23.0 Å². The molecule has 0 aliphatic rings. The van der Waals surface area contributed by atoms with Gasteiger partial charge in [-0.25, -0.2) is 0 Å². The quantitative estimate of drug-likeness (QED) is 0.364. The van der Waals surface area contributed by atoms with E-state index in [1.165, 1.54) is 43.5 Å². The smallest absolute Gasteiger partial charge is 0.308 e. The van der Waals surface area contributed by atoms with Gasteiger partial charge in [-0.3, -0.25) is 14.4 Å². The number of carbonyl (C=O) groups excluding carboxylic acids is 2. The number of allylic oxidation sites excluding steroid dienone is 1. The molecule has 0 aliphatic carbocycles. The van der Waals surface area contributed by atoms with E-state index in [0.717, 1.165) is 0 Å². The van der Waals surface area contributed by atoms with Crippen LogP contribution >= 0.6 is 0 Å². The fraction of sp³-hybridized carbons (Fsp3) is 0.0714. The van der Waals surface area contributed by atoms with Crippen LogP contribution in [0.2, 0.25) is 0 Å². The van der Waals surface area contributed by atoms with E-state index in [1.54, 1.807) is 0 Å². The molecule has 2 rings (SSSR count). The summed E-state index contributed by atoms with van der Waals surface area (Å²) in [5, 5.41) is 0.351. The molecule has 0 saturated heterocycles. The second-order valence-electron chi connectivity index (χ2n) is 3.77. The van der Waals surface area contributed by atoms with Crippen molar-refractivity contribution in [3.63, 3.8) is 0 Å². The molecule has 0 fully saturated rings. The normalized spacial score (nSPS) is 10.8. The van der Waals surface area contributed by atoms with Crippen LogP contribution in [0.25, 0.3) is 17.0 Å². The van der Waals surface area contributed by atoms with Crippen LogP contribution in [-0.4, -0.2) is 12.3 Å². The third-order valence-electron chi connectivity index (χ3n) is 2.39. The SMILES string of the molecule is CC(=O)Oc1ccc2c(=O)c(C=CC=O)coc2c1. The van der Waals surface area contributed by atoms with Gasteiger partial charge in [0.2, 0.25) is 0 Å². The first-order valence-corrected chi connectivity index (χ1v) is 5.47. The summed E-state index contributed by atoms with van der Waals surface area (Å²) in [4.78, 5) is 33.1. The largest absolute Gasteiger partial charge is 0.463 e. The number of hydrogen-bond acceptors (Lipinski definition) is 5. The average Bonchev–Trinajstić information content (AvgIpc) is 2.37. The lowest BCUT2D eigenvalue weighted by Gasteiger charge is -2.02. The van der Waals surface area contributed by atoms with E-state index in [-0.39, 0.29) is 11.0 Å². The fourth-order valence-corrected chi connectivity index (χ4v) is 1.61. The predicted octanol–water partition coefficient (Wildman–Crippen LogP) is 1.93. The Kier molecular flexibility index (Phi) is 3.56. The van der Waals surface area contributed by atoms with E-state index in [4.69, 9.17) is 9.15 Å². The van der Waals surface area contributed by atoms with Gasteiger partial charge in [-0.1, -0.05) is 0 Å². The zero-order valence-electron chi connectivity index (χ0n) is 10.1. The van der Waals surface area contributed by atoms with Crippen LogP contribution in [0, 0.1) is 0 Å². The molecule has 1 aromatic heterocycles. The van der Waals surface area contributed by atoms with Crippen molar-refractivity contribution in [2.24, 2.45) is 0 Å². The molecular weight excluding hydrogens is 248 g/mol. The van der Waals surface area contributed by atoms with Crippen molar-refractivity contribution >= 4 is 29.3 Å². The number of carbonyl (C=O) groups is 2. The number of hydrogen-bond donors (Lipinski definition) is 0. The molecule has 0 bridgehead atoms. The van der Waals surface area contributed by atoms with Crippen molar-refractivity contribution in [3.05, 3.63) is 46.3 Å². The molecule has 1 heterocycles. The molecule has 96 valence electrons. The molecule has 2 aromatic rings. The van der Waals surface area contributed by atoms with E-state index >= 15 is 0 Å². The summed E-state index contributed by atoms with van der Waals surface area (Å²) in [5.74, 6) is -0.147. The van der Waals surface area contributed by atoms with E-state index < -0.39 is 5.97 Å². The minimum atomic E-state index is -0.452. The first-order valence-electron chi connectivity index (χ1n) is 5.47. The van der Waals surface area contributed by atoms with Crippen molar-refractivity contribution in [1.82, 2.24) is 0 Å². The van der Waals surface area contributed by atoms with Gasteiger partial charge >= 0.3 is 5.97 Å². The monoisotopic (exact) mass is 258 g/mol. The summed E-state index contributed by atoms with van der Waals surface area (Å²) in [6.07, 6.45) is 4.42. The Morgan fingerprint density at radius 3 is 2.84 bits per heavy atom. The van der Waals surface area contributed by atoms with Gasteiger partial charge in [0, 0.05) is 13.0 Å². The van der Waals surface area contributed by atoms with E-state index in [1.807, 2.05) is 0 Å². The number of benzene rings is 1. The van der Waals surface area contributed by atoms with Crippen molar-refractivity contribution in [1.29, 1.82) is 0 Å². The first kappa shape index (κ1) is 12.8. The Morgan fingerprint density at radius 2 is 2.16 bits per heavy atom. The topological polar surface area (TPSA) is 73.6 Å². The lowest BCUT2D eigenvalue weighted by molar-refractivity contribution is -0.131. The molecule has 0 spiro atoms. The van der Waals surface area contributed by atoms with Crippen LogP contribution in [-0.2, 0) is 9.59 Å². The molecule has 0 saturated carbocycles. The van der Waals surface area contributed by atoms with Crippen LogP contribution < -0.4 is 10.2 Å². The van der Waals surface area contributed by atoms with Gasteiger partial charge in [-0.15, -0.1) is 0 Å². The van der Waals surface area contributed by atoms with Crippen LogP contribution in [0.15, 0.2) is 39.7 Å². The van der Waals surface area contributed by atoms with Crippen LogP contribution in [0.3, 0.4) is 0 Å². The molecule has 0 aliphatic heterocycles. The fourth-order valence-electron chi connectivity index (χ4n) is 1.61. The molecular formula is C14H10O5. The van der Waals surface area contributed by atoms with Crippen LogP contribution in [0.5, 0.6) is 5.75 Å². The highest BCUT2D eigenvalue weighted by atomic mass is 16.5. The van der Waals surface area contributed by atoms with Crippen molar-refractivity contribution in [3.8, 4) is 5.75 Å². The Labute approximate surface area is 108 Å². The maximum absolute atomic E-state index is 12.0. The standard InChI is InChI=1S/C14H10O5/c1-9(16)19-11-4-5-12-13(7-11)18-8-10(14(12)17)3-2-6-15/h2-8H,1H3. The minimum absolute atomic E-state index is 0.256. The second-order valence-corrected chi connectivity index (χ2v) is 3.77. The first-order chi connectivity index (χ1) is 9.11. The zero-order chi connectivity index (χ0) is 13.8. The Bertz CT molecular complexity index is 724. The van der Waals surface area contributed by atoms with Gasteiger partial charge in [0.15, 0.2) is 5.43 Å². The lowest BCUT2D eigenvalue weighted by atomic mass is 10.1. The maximum atomic E-state index is 12.0.